The van der Waals surface area contributed by atoms with E-state index in [9.17, 15) is 5.21 Å². The quantitative estimate of drug-likeness (QED) is 0.429. The molecular weight excluding hydrogens is 205 g/mol. The summed E-state index contributed by atoms with van der Waals surface area (Å²) in [6, 6.07) is 0. The summed E-state index contributed by atoms with van der Waals surface area (Å²) < 4.78 is 0.0926. The summed E-state index contributed by atoms with van der Waals surface area (Å²) in [6.45, 7) is 10.0. The van der Waals surface area contributed by atoms with Crippen LogP contribution in [0.1, 0.15) is 53.4 Å². The van der Waals surface area contributed by atoms with Crippen molar-refractivity contribution in [2.24, 2.45) is 0 Å². The molecule has 0 heterocycles. The predicted molar refractivity (Wildman–Crippen MR) is 71.2 cm³/mol. The Kier molecular flexibility index (Phi) is 8.69. The third-order valence-electron chi connectivity index (χ3n) is 3.04. The van der Waals surface area contributed by atoms with Gasteiger partial charge < -0.3 is 9.62 Å². The fraction of sp³-hybridized carbons (Fsp3) is 1.00. The zero-order valence-electron chi connectivity index (χ0n) is 11.0. The lowest BCUT2D eigenvalue weighted by atomic mass is 10.4. The third-order valence-corrected chi connectivity index (χ3v) is 6.30. The van der Waals surface area contributed by atoms with Gasteiger partial charge in [-0.25, -0.2) is 0 Å². The molecule has 0 bridgehead atoms. The first-order valence-electron chi connectivity index (χ1n) is 6.48. The maximum atomic E-state index is 12.5. The standard InChI is InChI=1S/C12H28NOP/c1-5-9-11-15(12-10-6-2)13(14,7-3)8-4/h5-12H2,1-4H3. The van der Waals surface area contributed by atoms with Gasteiger partial charge in [0.1, 0.15) is 8.07 Å². The Labute approximate surface area is 97.0 Å². The number of rotatable bonds is 9. The van der Waals surface area contributed by atoms with Gasteiger partial charge in [-0.3, -0.25) is 0 Å². The molecule has 92 valence electrons. The van der Waals surface area contributed by atoms with Crippen LogP contribution < -0.4 is 0 Å². The van der Waals surface area contributed by atoms with Gasteiger partial charge in [0, 0.05) is 12.3 Å². The molecule has 0 aromatic rings. The summed E-state index contributed by atoms with van der Waals surface area (Å²) >= 11 is 0. The van der Waals surface area contributed by atoms with E-state index < -0.39 is 0 Å². The molecule has 0 spiro atoms. The van der Waals surface area contributed by atoms with Gasteiger partial charge in [0.05, 0.1) is 13.1 Å². The maximum absolute atomic E-state index is 12.5. The Morgan fingerprint density at radius 2 is 1.27 bits per heavy atom. The van der Waals surface area contributed by atoms with Crippen LogP contribution in [0.5, 0.6) is 0 Å². The number of hydroxylamine groups is 2. The number of nitrogens with zero attached hydrogens (tertiary/aromatic N) is 1. The van der Waals surface area contributed by atoms with Crippen molar-refractivity contribution < 1.29 is 4.42 Å². The lowest BCUT2D eigenvalue weighted by Gasteiger charge is -2.47. The molecule has 0 saturated heterocycles. The summed E-state index contributed by atoms with van der Waals surface area (Å²) in [4.78, 5) is 0. The largest absolute Gasteiger partial charge is 0.632 e. The van der Waals surface area contributed by atoms with E-state index in [1.165, 1.54) is 38.0 Å². The van der Waals surface area contributed by atoms with Crippen LogP contribution in [0.2, 0.25) is 0 Å². The van der Waals surface area contributed by atoms with E-state index in [1.54, 1.807) is 0 Å². The Hall–Kier alpha value is 0.350. The SMILES string of the molecule is CCCCP(CCCC)[N+]([O-])(CC)CC. The van der Waals surface area contributed by atoms with Crippen molar-refractivity contribution in [3.63, 3.8) is 0 Å². The molecule has 0 atom stereocenters. The van der Waals surface area contributed by atoms with Crippen molar-refractivity contribution >= 4 is 8.07 Å². The lowest BCUT2D eigenvalue weighted by molar-refractivity contribution is -0.750. The van der Waals surface area contributed by atoms with Crippen LogP contribution in [-0.4, -0.2) is 29.8 Å². The number of quaternary nitrogens is 1. The van der Waals surface area contributed by atoms with Crippen LogP contribution >= 0.6 is 8.07 Å². The van der Waals surface area contributed by atoms with Gasteiger partial charge in [0.15, 0.2) is 0 Å². The summed E-state index contributed by atoms with van der Waals surface area (Å²) in [6.07, 6.45) is 7.26. The predicted octanol–water partition coefficient (Wildman–Crippen LogP) is 4.34. The van der Waals surface area contributed by atoms with Gasteiger partial charge >= 0.3 is 0 Å². The number of unbranched alkanes of at least 4 members (excludes halogenated alkanes) is 2. The average Bonchev–Trinajstić information content (AvgIpc) is 2.28. The van der Waals surface area contributed by atoms with Crippen LogP contribution in [0, 0.1) is 5.21 Å². The summed E-state index contributed by atoms with van der Waals surface area (Å²) in [7, 11) is -0.336. The van der Waals surface area contributed by atoms with E-state index in [-0.39, 0.29) is 12.5 Å². The van der Waals surface area contributed by atoms with E-state index >= 15 is 0 Å². The molecule has 0 unspecified atom stereocenters. The first kappa shape index (κ1) is 15.3. The van der Waals surface area contributed by atoms with Crippen molar-refractivity contribution in [3.05, 3.63) is 5.21 Å². The summed E-state index contributed by atoms with van der Waals surface area (Å²) in [5, 5.41) is 12.5. The molecule has 0 N–H and O–H groups in total. The van der Waals surface area contributed by atoms with Crippen molar-refractivity contribution in [3.8, 4) is 0 Å². The van der Waals surface area contributed by atoms with Crippen LogP contribution in [0.15, 0.2) is 0 Å². The van der Waals surface area contributed by atoms with Gasteiger partial charge in [0.2, 0.25) is 0 Å². The minimum atomic E-state index is -0.336. The highest BCUT2D eigenvalue weighted by Crippen LogP contribution is 2.48. The Morgan fingerprint density at radius 3 is 1.53 bits per heavy atom. The second kappa shape index (κ2) is 8.50. The van der Waals surface area contributed by atoms with Crippen LogP contribution in [0.4, 0.5) is 0 Å². The van der Waals surface area contributed by atoms with Crippen molar-refractivity contribution in [2.75, 3.05) is 25.4 Å². The zero-order valence-corrected chi connectivity index (χ0v) is 11.9. The first-order valence-corrected chi connectivity index (χ1v) is 8.14. The highest BCUT2D eigenvalue weighted by molar-refractivity contribution is 7.51. The van der Waals surface area contributed by atoms with Gasteiger partial charge in [-0.1, -0.05) is 26.7 Å². The minimum Gasteiger partial charge on any atom is -0.632 e. The molecule has 0 aromatic carbocycles. The molecule has 2 nitrogen and oxygen atoms in total. The van der Waals surface area contributed by atoms with Crippen LogP contribution in [0.3, 0.4) is 0 Å². The van der Waals surface area contributed by atoms with E-state index in [2.05, 4.69) is 13.8 Å². The average molecular weight is 233 g/mol. The third kappa shape index (κ3) is 5.29. The Morgan fingerprint density at radius 1 is 0.867 bits per heavy atom. The first-order chi connectivity index (χ1) is 7.14. The number of hydrogen-bond donors (Lipinski definition) is 0. The van der Waals surface area contributed by atoms with Gasteiger partial charge in [-0.2, -0.15) is 0 Å². The van der Waals surface area contributed by atoms with E-state index in [1.807, 2.05) is 13.8 Å². The zero-order chi connectivity index (χ0) is 11.7. The summed E-state index contributed by atoms with van der Waals surface area (Å²) in [5.41, 5.74) is 0. The van der Waals surface area contributed by atoms with Gasteiger partial charge in [-0.05, 0) is 26.7 Å². The second-order valence-corrected chi connectivity index (χ2v) is 6.78. The summed E-state index contributed by atoms with van der Waals surface area (Å²) in [5.74, 6) is 0. The van der Waals surface area contributed by atoms with Gasteiger partial charge in [-0.15, -0.1) is 0 Å². The van der Waals surface area contributed by atoms with Crippen molar-refractivity contribution in [1.82, 2.24) is 0 Å². The van der Waals surface area contributed by atoms with Crippen molar-refractivity contribution in [1.29, 1.82) is 0 Å². The minimum absolute atomic E-state index is 0.0926. The molecule has 0 radical (unpaired) electrons. The molecule has 0 aliphatic carbocycles. The highest BCUT2D eigenvalue weighted by Gasteiger charge is 2.25. The van der Waals surface area contributed by atoms with Gasteiger partial charge in [0.25, 0.3) is 0 Å². The topological polar surface area (TPSA) is 23.1 Å². The highest BCUT2D eigenvalue weighted by atomic mass is 31.1. The molecule has 0 rings (SSSR count). The molecule has 15 heavy (non-hydrogen) atoms. The molecule has 0 aliphatic heterocycles. The molecule has 0 fully saturated rings. The Bertz CT molecular complexity index is 141. The molecule has 0 aromatic heterocycles. The van der Waals surface area contributed by atoms with E-state index in [0.29, 0.717) is 0 Å². The smallest absolute Gasteiger partial charge is 0.103 e. The Balaban J connectivity index is 4.29. The molecule has 0 aliphatic rings. The monoisotopic (exact) mass is 233 g/mol. The normalized spacial score (nSPS) is 12.4. The van der Waals surface area contributed by atoms with Crippen molar-refractivity contribution in [2.45, 2.75) is 53.4 Å². The second-order valence-electron chi connectivity index (χ2n) is 4.14. The fourth-order valence-corrected chi connectivity index (χ4v) is 4.90. The van der Waals surface area contributed by atoms with Crippen LogP contribution in [-0.2, 0) is 0 Å². The number of hydrogen-bond acceptors (Lipinski definition) is 1. The molecular formula is C12H28NOP. The van der Waals surface area contributed by atoms with E-state index in [0.717, 1.165) is 13.1 Å². The molecule has 0 amide bonds. The molecule has 0 saturated carbocycles. The lowest BCUT2D eigenvalue weighted by Crippen LogP contribution is -2.37. The van der Waals surface area contributed by atoms with E-state index in [4.69, 9.17) is 0 Å². The van der Waals surface area contributed by atoms with Crippen LogP contribution in [0.25, 0.3) is 0 Å². The maximum Gasteiger partial charge on any atom is 0.103 e. The fourth-order valence-electron chi connectivity index (χ4n) is 1.78. The molecule has 3 heteroatoms.